The Bertz CT molecular complexity index is 497. The molecule has 0 bridgehead atoms. The molecule has 2 saturated heterocycles. The zero-order valence-corrected chi connectivity index (χ0v) is 15.1. The van der Waals surface area contributed by atoms with E-state index >= 15 is 0 Å². The lowest BCUT2D eigenvalue weighted by Crippen LogP contribution is -2.37. The van der Waals surface area contributed by atoms with Crippen molar-refractivity contribution in [1.29, 1.82) is 0 Å². The number of aromatic nitrogens is 2. The van der Waals surface area contributed by atoms with Crippen LogP contribution >= 0.6 is 24.8 Å². The van der Waals surface area contributed by atoms with Crippen LogP contribution in [0.1, 0.15) is 31.7 Å². The number of nitrogens with zero attached hydrogens (tertiary/aromatic N) is 2. The van der Waals surface area contributed by atoms with Crippen molar-refractivity contribution < 1.29 is 4.74 Å². The summed E-state index contributed by atoms with van der Waals surface area (Å²) in [5, 5.41) is 6.83. The largest absolute Gasteiger partial charge is 0.376 e. The van der Waals surface area contributed by atoms with Crippen molar-refractivity contribution in [3.8, 4) is 0 Å². The summed E-state index contributed by atoms with van der Waals surface area (Å²) in [4.78, 5) is 8.35. The number of hydrogen-bond donors (Lipinski definition) is 3. The molecule has 4 N–H and O–H groups in total. The number of halogens is 2. The Labute approximate surface area is 150 Å². The molecule has 1 aromatic heterocycles. The fourth-order valence-electron chi connectivity index (χ4n) is 3.37. The van der Waals surface area contributed by atoms with Crippen LogP contribution in [0.2, 0.25) is 0 Å². The van der Waals surface area contributed by atoms with Crippen LogP contribution in [0.5, 0.6) is 0 Å². The Morgan fingerprint density at radius 3 is 2.83 bits per heavy atom. The Kier molecular flexibility index (Phi) is 7.80. The van der Waals surface area contributed by atoms with Gasteiger partial charge < -0.3 is 21.1 Å². The molecule has 23 heavy (non-hydrogen) atoms. The average molecular weight is 364 g/mol. The molecule has 0 aromatic carbocycles. The molecule has 3 rings (SSSR count). The second kappa shape index (κ2) is 8.87. The number of piperidine rings is 1. The third-order valence-electron chi connectivity index (χ3n) is 4.71. The number of nitrogens with two attached hydrogens (primary N) is 1. The maximum atomic E-state index is 6.01. The molecule has 1 spiro atoms. The quantitative estimate of drug-likeness (QED) is 0.758. The Hall–Kier alpha value is -0.820. The number of ether oxygens (including phenoxy) is 1. The van der Waals surface area contributed by atoms with E-state index in [1.807, 2.05) is 0 Å². The Balaban J connectivity index is 0.00000132. The third-order valence-corrected chi connectivity index (χ3v) is 4.71. The second-order valence-corrected chi connectivity index (χ2v) is 6.22. The summed E-state index contributed by atoms with van der Waals surface area (Å²) in [5.41, 5.74) is 7.17. The minimum Gasteiger partial charge on any atom is -0.376 e. The van der Waals surface area contributed by atoms with E-state index in [2.05, 4.69) is 27.5 Å². The number of rotatable bonds is 4. The molecule has 1 aromatic rings. The van der Waals surface area contributed by atoms with E-state index in [0.29, 0.717) is 11.4 Å². The first-order valence-corrected chi connectivity index (χ1v) is 7.88. The van der Waals surface area contributed by atoms with Crippen molar-refractivity contribution in [3.63, 3.8) is 0 Å². The van der Waals surface area contributed by atoms with E-state index in [0.717, 1.165) is 50.5 Å². The fraction of sp³-hybridized carbons (Fsp3) is 0.733. The standard InChI is InChI=1S/C15H25N5O.2ClH/c1-2-11-8-19-14(16)20-13(11)18-9-12-7-15(10-21-12)3-5-17-6-4-15;;/h8,12,17H,2-7,9-10H2,1H3,(H3,16,18,19,20);2*1H. The highest BCUT2D eigenvalue weighted by Gasteiger charge is 2.40. The zero-order valence-electron chi connectivity index (χ0n) is 13.5. The van der Waals surface area contributed by atoms with Crippen molar-refractivity contribution in [2.75, 3.05) is 37.3 Å². The molecule has 3 heterocycles. The van der Waals surface area contributed by atoms with Crippen molar-refractivity contribution in [2.24, 2.45) is 5.41 Å². The van der Waals surface area contributed by atoms with E-state index in [4.69, 9.17) is 10.5 Å². The monoisotopic (exact) mass is 363 g/mol. The van der Waals surface area contributed by atoms with Crippen LogP contribution in [0.4, 0.5) is 11.8 Å². The van der Waals surface area contributed by atoms with Crippen molar-refractivity contribution in [2.45, 2.75) is 38.7 Å². The third kappa shape index (κ3) is 4.83. The summed E-state index contributed by atoms with van der Waals surface area (Å²) in [6.07, 6.45) is 6.56. The van der Waals surface area contributed by atoms with E-state index in [1.54, 1.807) is 6.20 Å². The van der Waals surface area contributed by atoms with Gasteiger partial charge in [-0.2, -0.15) is 4.98 Å². The van der Waals surface area contributed by atoms with Gasteiger partial charge in [0.2, 0.25) is 5.95 Å². The molecule has 8 heteroatoms. The second-order valence-electron chi connectivity index (χ2n) is 6.22. The SMILES string of the molecule is CCc1cnc(N)nc1NCC1CC2(CCNCC2)CO1.Cl.Cl. The highest BCUT2D eigenvalue weighted by atomic mass is 35.5. The maximum Gasteiger partial charge on any atom is 0.221 e. The lowest BCUT2D eigenvalue weighted by atomic mass is 9.77. The first-order valence-electron chi connectivity index (χ1n) is 7.88. The number of aryl methyl sites for hydroxylation is 1. The van der Waals surface area contributed by atoms with Crippen LogP contribution in [0, 0.1) is 5.41 Å². The number of nitrogen functional groups attached to an aromatic ring is 1. The molecule has 2 fully saturated rings. The van der Waals surface area contributed by atoms with Crippen LogP contribution < -0.4 is 16.4 Å². The Morgan fingerprint density at radius 2 is 2.13 bits per heavy atom. The first-order chi connectivity index (χ1) is 10.2. The van der Waals surface area contributed by atoms with Crippen LogP contribution in [0.25, 0.3) is 0 Å². The van der Waals surface area contributed by atoms with Gasteiger partial charge in [0.25, 0.3) is 0 Å². The van der Waals surface area contributed by atoms with E-state index in [1.165, 1.54) is 12.8 Å². The number of nitrogens with one attached hydrogen (secondary N) is 2. The molecule has 0 amide bonds. The molecule has 132 valence electrons. The highest BCUT2D eigenvalue weighted by molar-refractivity contribution is 5.85. The van der Waals surface area contributed by atoms with Crippen LogP contribution in [-0.4, -0.2) is 42.3 Å². The smallest absolute Gasteiger partial charge is 0.221 e. The number of anilines is 2. The van der Waals surface area contributed by atoms with Gasteiger partial charge in [-0.3, -0.25) is 0 Å². The summed E-state index contributed by atoms with van der Waals surface area (Å²) in [5.74, 6) is 1.16. The molecular weight excluding hydrogens is 337 g/mol. The van der Waals surface area contributed by atoms with Crippen molar-refractivity contribution >= 4 is 36.6 Å². The lowest BCUT2D eigenvalue weighted by Gasteiger charge is -2.32. The normalized spacial score (nSPS) is 22.2. The van der Waals surface area contributed by atoms with E-state index in [9.17, 15) is 0 Å². The van der Waals surface area contributed by atoms with Crippen molar-refractivity contribution in [3.05, 3.63) is 11.8 Å². The maximum absolute atomic E-state index is 6.01. The zero-order chi connectivity index (χ0) is 14.7. The fourth-order valence-corrected chi connectivity index (χ4v) is 3.37. The van der Waals surface area contributed by atoms with Gasteiger partial charge in [-0.1, -0.05) is 6.92 Å². The van der Waals surface area contributed by atoms with Gasteiger partial charge in [0.15, 0.2) is 0 Å². The molecule has 0 aliphatic carbocycles. The summed E-state index contributed by atoms with van der Waals surface area (Å²) < 4.78 is 6.01. The predicted molar refractivity (Wildman–Crippen MR) is 97.7 cm³/mol. The van der Waals surface area contributed by atoms with Crippen molar-refractivity contribution in [1.82, 2.24) is 15.3 Å². The minimum absolute atomic E-state index is 0. The predicted octanol–water partition coefficient (Wildman–Crippen LogP) is 2.04. The Morgan fingerprint density at radius 1 is 1.39 bits per heavy atom. The molecule has 6 nitrogen and oxygen atoms in total. The summed E-state index contributed by atoms with van der Waals surface area (Å²) in [6, 6.07) is 0. The van der Waals surface area contributed by atoms with Gasteiger partial charge in [-0.05, 0) is 44.2 Å². The van der Waals surface area contributed by atoms with Crippen LogP contribution in [0.3, 0.4) is 0 Å². The topological polar surface area (TPSA) is 85.1 Å². The summed E-state index contributed by atoms with van der Waals surface area (Å²) in [6.45, 7) is 6.01. The summed E-state index contributed by atoms with van der Waals surface area (Å²) in [7, 11) is 0. The lowest BCUT2D eigenvalue weighted by molar-refractivity contribution is 0.0924. The average Bonchev–Trinajstić information content (AvgIpc) is 2.89. The van der Waals surface area contributed by atoms with E-state index in [-0.39, 0.29) is 30.9 Å². The van der Waals surface area contributed by atoms with Gasteiger partial charge >= 0.3 is 0 Å². The number of hydrogen-bond acceptors (Lipinski definition) is 6. The molecular formula is C15H27Cl2N5O. The molecule has 2 aliphatic heterocycles. The van der Waals surface area contributed by atoms with Crippen LogP contribution in [0.15, 0.2) is 6.20 Å². The molecule has 2 aliphatic rings. The summed E-state index contributed by atoms with van der Waals surface area (Å²) >= 11 is 0. The highest BCUT2D eigenvalue weighted by Crippen LogP contribution is 2.40. The molecule has 0 saturated carbocycles. The van der Waals surface area contributed by atoms with Gasteiger partial charge in [0, 0.05) is 18.3 Å². The molecule has 1 atom stereocenters. The molecule has 1 unspecified atom stereocenters. The van der Waals surface area contributed by atoms with Gasteiger partial charge in [0.1, 0.15) is 5.82 Å². The van der Waals surface area contributed by atoms with E-state index < -0.39 is 0 Å². The first kappa shape index (κ1) is 20.2. The van der Waals surface area contributed by atoms with Gasteiger partial charge in [-0.25, -0.2) is 4.98 Å². The van der Waals surface area contributed by atoms with Gasteiger partial charge in [-0.15, -0.1) is 24.8 Å². The minimum atomic E-state index is 0. The molecule has 0 radical (unpaired) electrons. The van der Waals surface area contributed by atoms with Crippen LogP contribution in [-0.2, 0) is 11.2 Å². The van der Waals surface area contributed by atoms with Gasteiger partial charge in [0.05, 0.1) is 12.7 Å².